The summed E-state index contributed by atoms with van der Waals surface area (Å²) >= 11 is 0. The van der Waals surface area contributed by atoms with Gasteiger partial charge in [0.1, 0.15) is 6.04 Å². The van der Waals surface area contributed by atoms with E-state index in [1.54, 1.807) is 30.3 Å². The molecule has 0 aromatic heterocycles. The normalized spacial score (nSPS) is 11.0. The lowest BCUT2D eigenvalue weighted by Gasteiger charge is -2.13. The van der Waals surface area contributed by atoms with Gasteiger partial charge in [0.05, 0.1) is 0 Å². The maximum Gasteiger partial charge on any atom is 0.328 e. The second-order valence-corrected chi connectivity index (χ2v) is 5.89. The molecule has 2 aromatic carbocycles. The summed E-state index contributed by atoms with van der Waals surface area (Å²) in [5.74, 6) is -2.00. The van der Waals surface area contributed by atoms with Gasteiger partial charge in [-0.2, -0.15) is 0 Å². The average molecular weight is 383 g/mol. The SMILES string of the molecule is CC(NC(=O)c1ccccc1)C(=O)OCC(=O)NC(=O)NCc1ccccc1. The Morgan fingerprint density at radius 1 is 0.929 bits per heavy atom. The van der Waals surface area contributed by atoms with Crippen LogP contribution >= 0.6 is 0 Å². The van der Waals surface area contributed by atoms with Crippen molar-refractivity contribution in [3.8, 4) is 0 Å². The van der Waals surface area contributed by atoms with E-state index in [1.165, 1.54) is 6.92 Å². The Morgan fingerprint density at radius 3 is 2.18 bits per heavy atom. The molecule has 0 saturated heterocycles. The number of hydrogen-bond donors (Lipinski definition) is 3. The highest BCUT2D eigenvalue weighted by Crippen LogP contribution is 2.00. The Morgan fingerprint density at radius 2 is 1.54 bits per heavy atom. The van der Waals surface area contributed by atoms with Gasteiger partial charge in [-0.25, -0.2) is 9.59 Å². The molecule has 0 aliphatic heterocycles. The van der Waals surface area contributed by atoms with Crippen molar-refractivity contribution in [3.05, 3.63) is 71.8 Å². The van der Waals surface area contributed by atoms with Crippen LogP contribution in [0.2, 0.25) is 0 Å². The molecule has 8 heteroatoms. The van der Waals surface area contributed by atoms with Gasteiger partial charge in [0.2, 0.25) is 0 Å². The molecule has 0 heterocycles. The predicted molar refractivity (Wildman–Crippen MR) is 101 cm³/mol. The topological polar surface area (TPSA) is 114 Å². The summed E-state index contributed by atoms with van der Waals surface area (Å²) in [7, 11) is 0. The van der Waals surface area contributed by atoms with Crippen LogP contribution in [0.4, 0.5) is 4.79 Å². The highest BCUT2D eigenvalue weighted by molar-refractivity contribution is 5.97. The lowest BCUT2D eigenvalue weighted by atomic mass is 10.2. The Hall–Kier alpha value is -3.68. The van der Waals surface area contributed by atoms with Crippen molar-refractivity contribution in [1.29, 1.82) is 0 Å². The molecule has 3 N–H and O–H groups in total. The molecule has 146 valence electrons. The summed E-state index contributed by atoms with van der Waals surface area (Å²) in [6.45, 7) is 1.05. The van der Waals surface area contributed by atoms with Crippen LogP contribution in [0.1, 0.15) is 22.8 Å². The van der Waals surface area contributed by atoms with Crippen LogP contribution in [-0.4, -0.2) is 36.5 Å². The monoisotopic (exact) mass is 383 g/mol. The van der Waals surface area contributed by atoms with Crippen molar-refractivity contribution in [2.75, 3.05) is 6.61 Å². The van der Waals surface area contributed by atoms with Gasteiger partial charge in [-0.1, -0.05) is 48.5 Å². The number of rotatable bonds is 7. The molecular formula is C20H21N3O5. The van der Waals surface area contributed by atoms with Crippen molar-refractivity contribution in [2.24, 2.45) is 0 Å². The molecule has 1 atom stereocenters. The van der Waals surface area contributed by atoms with E-state index in [0.29, 0.717) is 5.56 Å². The van der Waals surface area contributed by atoms with Crippen LogP contribution in [0.15, 0.2) is 60.7 Å². The molecular weight excluding hydrogens is 362 g/mol. The zero-order valence-corrected chi connectivity index (χ0v) is 15.3. The van der Waals surface area contributed by atoms with Crippen LogP contribution in [0, 0.1) is 0 Å². The van der Waals surface area contributed by atoms with E-state index in [-0.39, 0.29) is 6.54 Å². The van der Waals surface area contributed by atoms with Gasteiger partial charge in [-0.3, -0.25) is 14.9 Å². The summed E-state index contributed by atoms with van der Waals surface area (Å²) in [6, 6.07) is 15.9. The number of nitrogens with one attached hydrogen (secondary N) is 3. The molecule has 0 saturated carbocycles. The van der Waals surface area contributed by atoms with Crippen LogP contribution in [0.5, 0.6) is 0 Å². The highest BCUT2D eigenvalue weighted by atomic mass is 16.5. The Labute approximate surface area is 162 Å². The number of imide groups is 1. The van der Waals surface area contributed by atoms with Crippen LogP contribution in [-0.2, 0) is 20.9 Å². The largest absolute Gasteiger partial charge is 0.454 e. The second-order valence-electron chi connectivity index (χ2n) is 5.89. The number of hydrogen-bond acceptors (Lipinski definition) is 5. The summed E-state index contributed by atoms with van der Waals surface area (Å²) in [5, 5.41) is 7.05. The minimum Gasteiger partial charge on any atom is -0.454 e. The summed E-state index contributed by atoms with van der Waals surface area (Å²) in [5.41, 5.74) is 1.27. The van der Waals surface area contributed by atoms with Gasteiger partial charge in [0, 0.05) is 12.1 Å². The number of carbonyl (C=O) groups is 4. The third-order valence-electron chi connectivity index (χ3n) is 3.63. The van der Waals surface area contributed by atoms with Crippen LogP contribution in [0.3, 0.4) is 0 Å². The molecule has 2 aromatic rings. The highest BCUT2D eigenvalue weighted by Gasteiger charge is 2.19. The van der Waals surface area contributed by atoms with Crippen molar-refractivity contribution < 1.29 is 23.9 Å². The van der Waals surface area contributed by atoms with Crippen LogP contribution < -0.4 is 16.0 Å². The van der Waals surface area contributed by atoms with E-state index in [9.17, 15) is 19.2 Å². The lowest BCUT2D eigenvalue weighted by molar-refractivity contribution is -0.149. The number of urea groups is 1. The van der Waals surface area contributed by atoms with Crippen molar-refractivity contribution in [3.63, 3.8) is 0 Å². The fourth-order valence-electron chi connectivity index (χ4n) is 2.18. The minimum atomic E-state index is -0.951. The first-order chi connectivity index (χ1) is 13.5. The Balaban J connectivity index is 1.68. The van der Waals surface area contributed by atoms with Crippen LogP contribution in [0.25, 0.3) is 0 Å². The van der Waals surface area contributed by atoms with E-state index in [4.69, 9.17) is 4.74 Å². The maximum absolute atomic E-state index is 12.0. The molecule has 1 unspecified atom stereocenters. The number of amides is 4. The standard InChI is InChI=1S/C20H21N3O5/c1-14(22-18(25)16-10-6-3-7-11-16)19(26)28-13-17(24)23-20(27)21-12-15-8-4-2-5-9-15/h2-11,14H,12-13H2,1H3,(H,22,25)(H2,21,23,24,27). The molecule has 28 heavy (non-hydrogen) atoms. The van der Waals surface area contributed by atoms with Crippen molar-refractivity contribution >= 4 is 23.8 Å². The number of carbonyl (C=O) groups excluding carboxylic acids is 4. The molecule has 0 aliphatic rings. The second kappa shape index (κ2) is 10.5. The molecule has 2 rings (SSSR count). The fourth-order valence-corrected chi connectivity index (χ4v) is 2.18. The third kappa shape index (κ3) is 6.91. The third-order valence-corrected chi connectivity index (χ3v) is 3.63. The summed E-state index contributed by atoms with van der Waals surface area (Å²) < 4.78 is 4.82. The molecule has 0 radical (unpaired) electrons. The van der Waals surface area contributed by atoms with Gasteiger partial charge >= 0.3 is 12.0 Å². The van der Waals surface area contributed by atoms with Gasteiger partial charge in [-0.05, 0) is 24.6 Å². The zero-order chi connectivity index (χ0) is 20.4. The number of esters is 1. The van der Waals surface area contributed by atoms with E-state index in [0.717, 1.165) is 5.56 Å². The molecule has 0 fully saturated rings. The molecule has 0 bridgehead atoms. The molecule has 0 spiro atoms. The van der Waals surface area contributed by atoms with Crippen molar-refractivity contribution in [2.45, 2.75) is 19.5 Å². The predicted octanol–water partition coefficient (Wildman–Crippen LogP) is 1.37. The Kier molecular flexibility index (Phi) is 7.71. The molecule has 8 nitrogen and oxygen atoms in total. The first-order valence-corrected chi connectivity index (χ1v) is 8.60. The molecule has 0 aliphatic carbocycles. The molecule has 4 amide bonds. The van der Waals surface area contributed by atoms with E-state index >= 15 is 0 Å². The van der Waals surface area contributed by atoms with Crippen molar-refractivity contribution in [1.82, 2.24) is 16.0 Å². The van der Waals surface area contributed by atoms with Gasteiger partial charge in [-0.15, -0.1) is 0 Å². The Bertz CT molecular complexity index is 824. The first-order valence-electron chi connectivity index (χ1n) is 8.60. The number of ether oxygens (including phenoxy) is 1. The van der Waals surface area contributed by atoms with Gasteiger partial charge in [0.15, 0.2) is 6.61 Å². The smallest absolute Gasteiger partial charge is 0.328 e. The van der Waals surface area contributed by atoms with Gasteiger partial charge in [0.25, 0.3) is 11.8 Å². The summed E-state index contributed by atoms with van der Waals surface area (Å²) in [6.07, 6.45) is 0. The minimum absolute atomic E-state index is 0.252. The van der Waals surface area contributed by atoms with E-state index < -0.39 is 36.5 Å². The lowest BCUT2D eigenvalue weighted by Crippen LogP contribution is -2.43. The number of benzene rings is 2. The first kappa shape index (κ1) is 20.6. The zero-order valence-electron chi connectivity index (χ0n) is 15.3. The fraction of sp³-hybridized carbons (Fsp3) is 0.200. The van der Waals surface area contributed by atoms with E-state index in [2.05, 4.69) is 16.0 Å². The quantitative estimate of drug-likeness (QED) is 0.625. The van der Waals surface area contributed by atoms with E-state index in [1.807, 2.05) is 30.3 Å². The van der Waals surface area contributed by atoms with Gasteiger partial charge < -0.3 is 15.4 Å². The average Bonchev–Trinajstić information content (AvgIpc) is 2.71. The summed E-state index contributed by atoms with van der Waals surface area (Å²) in [4.78, 5) is 47.2. The maximum atomic E-state index is 12.0.